The summed E-state index contributed by atoms with van der Waals surface area (Å²) in [7, 11) is 0. The van der Waals surface area contributed by atoms with Gasteiger partial charge in [-0.2, -0.15) is 0 Å². The molecule has 6 nitrogen and oxygen atoms in total. The molecule has 4 saturated carbocycles. The van der Waals surface area contributed by atoms with Crippen LogP contribution in [0.4, 0.5) is 0 Å². The summed E-state index contributed by atoms with van der Waals surface area (Å²) in [5.41, 5.74) is 0.562. The zero-order chi connectivity index (χ0) is 25.7. The van der Waals surface area contributed by atoms with Gasteiger partial charge >= 0.3 is 5.97 Å². The van der Waals surface area contributed by atoms with Crippen molar-refractivity contribution in [1.82, 2.24) is 4.98 Å². The molecule has 0 aromatic carbocycles. The number of hydrogen-bond donors (Lipinski definition) is 3. The van der Waals surface area contributed by atoms with Gasteiger partial charge in [-0.3, -0.25) is 0 Å². The Kier molecular flexibility index (Phi) is 7.14. The standard InChI is InChI=1S/C30H45NO5/c1-4-21-24-16-19(32)11-13-30(24,3)23-12-14-29(2)18(7-9-22(29)26(23)27(21)33)6-5-15-36-20-8-10-25(28(34)35)31-17-20/h8,10,17-19,21-24,26-27,32-33H,4-7,9,11-16H2,1-3H3,(H,34,35)/t18-,19+,21+,22-,23-,24-,26-,27+,29+,30+/m0/s1. The van der Waals surface area contributed by atoms with Crippen molar-refractivity contribution in [3.05, 3.63) is 24.0 Å². The largest absolute Gasteiger partial charge is 0.492 e. The van der Waals surface area contributed by atoms with E-state index >= 15 is 0 Å². The highest BCUT2D eigenvalue weighted by molar-refractivity contribution is 5.85. The minimum Gasteiger partial charge on any atom is -0.492 e. The smallest absolute Gasteiger partial charge is 0.354 e. The number of ether oxygens (including phenoxy) is 1. The monoisotopic (exact) mass is 499 g/mol. The van der Waals surface area contributed by atoms with Crippen LogP contribution in [0.1, 0.15) is 95.5 Å². The van der Waals surface area contributed by atoms with E-state index in [1.54, 1.807) is 6.07 Å². The average molecular weight is 500 g/mol. The number of rotatable bonds is 7. The van der Waals surface area contributed by atoms with Gasteiger partial charge in [-0.15, -0.1) is 0 Å². The van der Waals surface area contributed by atoms with Crippen molar-refractivity contribution in [2.45, 2.75) is 97.2 Å². The van der Waals surface area contributed by atoms with Gasteiger partial charge < -0.3 is 20.1 Å². The van der Waals surface area contributed by atoms with Crippen LogP contribution in [0.5, 0.6) is 5.75 Å². The van der Waals surface area contributed by atoms with Crippen LogP contribution in [-0.4, -0.2) is 45.1 Å². The summed E-state index contributed by atoms with van der Waals surface area (Å²) in [5.74, 6) is 2.56. The van der Waals surface area contributed by atoms with Crippen LogP contribution >= 0.6 is 0 Å². The van der Waals surface area contributed by atoms with Gasteiger partial charge in [0.05, 0.1) is 25.0 Å². The Morgan fingerprint density at radius 3 is 2.50 bits per heavy atom. The lowest BCUT2D eigenvalue weighted by molar-refractivity contribution is -0.202. The molecule has 10 atom stereocenters. The molecule has 0 bridgehead atoms. The number of carbonyl (C=O) groups is 1. The lowest BCUT2D eigenvalue weighted by Crippen LogP contribution is -2.62. The molecule has 5 rings (SSSR count). The van der Waals surface area contributed by atoms with Crippen LogP contribution in [0.2, 0.25) is 0 Å². The predicted molar refractivity (Wildman–Crippen MR) is 138 cm³/mol. The zero-order valence-electron chi connectivity index (χ0n) is 22.2. The van der Waals surface area contributed by atoms with E-state index in [0.717, 1.165) is 38.5 Å². The number of aromatic nitrogens is 1. The third kappa shape index (κ3) is 4.26. The highest BCUT2D eigenvalue weighted by Crippen LogP contribution is 2.69. The van der Waals surface area contributed by atoms with Crippen LogP contribution in [0.3, 0.4) is 0 Å². The maximum absolute atomic E-state index is 11.8. The van der Waals surface area contributed by atoms with Gasteiger partial charge in [-0.05, 0) is 116 Å². The topological polar surface area (TPSA) is 99.9 Å². The summed E-state index contributed by atoms with van der Waals surface area (Å²) in [6.07, 6.45) is 12.0. The van der Waals surface area contributed by atoms with E-state index in [2.05, 4.69) is 25.8 Å². The van der Waals surface area contributed by atoms with Crippen LogP contribution in [-0.2, 0) is 0 Å². The summed E-state index contributed by atoms with van der Waals surface area (Å²) >= 11 is 0. The molecule has 200 valence electrons. The first-order valence-corrected chi connectivity index (χ1v) is 14.4. The quantitative estimate of drug-likeness (QED) is 0.425. The number of fused-ring (bicyclic) bond motifs is 5. The van der Waals surface area contributed by atoms with E-state index in [-0.39, 0.29) is 28.7 Å². The molecule has 4 aliphatic carbocycles. The van der Waals surface area contributed by atoms with Crippen molar-refractivity contribution in [3.63, 3.8) is 0 Å². The van der Waals surface area contributed by atoms with Gasteiger partial charge in [-0.1, -0.05) is 27.2 Å². The maximum atomic E-state index is 11.8. The average Bonchev–Trinajstić information content (AvgIpc) is 3.19. The van der Waals surface area contributed by atoms with E-state index in [0.29, 0.717) is 47.9 Å². The molecule has 0 aliphatic heterocycles. The van der Waals surface area contributed by atoms with Crippen LogP contribution < -0.4 is 4.74 Å². The van der Waals surface area contributed by atoms with Gasteiger partial charge in [-0.25, -0.2) is 9.78 Å². The number of carboxylic acids is 1. The normalized spacial score (nSPS) is 43.8. The number of hydrogen-bond acceptors (Lipinski definition) is 5. The number of aliphatic hydroxyl groups excluding tert-OH is 2. The van der Waals surface area contributed by atoms with E-state index in [1.807, 2.05) is 0 Å². The summed E-state index contributed by atoms with van der Waals surface area (Å²) in [4.78, 5) is 14.9. The van der Waals surface area contributed by atoms with E-state index < -0.39 is 5.97 Å². The number of nitrogens with zero attached hydrogens (tertiary/aromatic N) is 1. The summed E-state index contributed by atoms with van der Waals surface area (Å²) < 4.78 is 5.87. The number of carboxylic acid groups (broad SMARTS) is 1. The van der Waals surface area contributed by atoms with Crippen molar-refractivity contribution in [1.29, 1.82) is 0 Å². The fourth-order valence-electron chi connectivity index (χ4n) is 9.65. The molecule has 36 heavy (non-hydrogen) atoms. The van der Waals surface area contributed by atoms with Gasteiger partial charge in [0.15, 0.2) is 0 Å². The van der Waals surface area contributed by atoms with Gasteiger partial charge in [0.25, 0.3) is 0 Å². The van der Waals surface area contributed by atoms with Gasteiger partial charge in [0, 0.05) is 0 Å². The van der Waals surface area contributed by atoms with Crippen molar-refractivity contribution < 1.29 is 24.9 Å². The van der Waals surface area contributed by atoms with Crippen molar-refractivity contribution in [2.75, 3.05) is 6.61 Å². The van der Waals surface area contributed by atoms with Crippen LogP contribution in [0.25, 0.3) is 0 Å². The predicted octanol–water partition coefficient (Wildman–Crippen LogP) is 5.57. The Hall–Kier alpha value is -1.66. The molecule has 0 amide bonds. The fraction of sp³-hybridized carbons (Fsp3) is 0.800. The maximum Gasteiger partial charge on any atom is 0.354 e. The molecule has 4 fully saturated rings. The zero-order valence-corrected chi connectivity index (χ0v) is 22.2. The second-order valence-corrected chi connectivity index (χ2v) is 12.9. The number of aliphatic hydroxyl groups is 2. The summed E-state index contributed by atoms with van der Waals surface area (Å²) in [5, 5.41) is 31.3. The molecule has 0 saturated heterocycles. The first-order chi connectivity index (χ1) is 17.2. The Labute approximate surface area is 215 Å². The molecule has 0 unspecified atom stereocenters. The Morgan fingerprint density at radius 2 is 1.81 bits per heavy atom. The van der Waals surface area contributed by atoms with Crippen molar-refractivity contribution in [3.8, 4) is 5.75 Å². The summed E-state index contributed by atoms with van der Waals surface area (Å²) in [6, 6.07) is 3.16. The molecule has 3 N–H and O–H groups in total. The van der Waals surface area contributed by atoms with Gasteiger partial charge in [0.1, 0.15) is 11.4 Å². The van der Waals surface area contributed by atoms with Crippen LogP contribution in [0, 0.1) is 46.3 Å². The highest BCUT2D eigenvalue weighted by atomic mass is 16.5. The fourth-order valence-corrected chi connectivity index (χ4v) is 9.65. The molecule has 0 spiro atoms. The van der Waals surface area contributed by atoms with Crippen molar-refractivity contribution >= 4 is 5.97 Å². The first-order valence-electron chi connectivity index (χ1n) is 14.4. The van der Waals surface area contributed by atoms with Crippen molar-refractivity contribution in [2.24, 2.45) is 46.3 Å². The second kappa shape index (κ2) is 9.90. The lowest BCUT2D eigenvalue weighted by atomic mass is 9.41. The van der Waals surface area contributed by atoms with Crippen LogP contribution in [0.15, 0.2) is 18.3 Å². The Balaban J connectivity index is 1.24. The first kappa shape index (κ1) is 26.0. The Bertz CT molecular complexity index is 936. The van der Waals surface area contributed by atoms with Gasteiger partial charge in [0.2, 0.25) is 0 Å². The molecule has 4 aliphatic rings. The molecule has 1 aromatic heterocycles. The number of aromatic carboxylic acids is 1. The molecular weight excluding hydrogens is 454 g/mol. The van der Waals surface area contributed by atoms with E-state index in [9.17, 15) is 15.0 Å². The third-order valence-electron chi connectivity index (χ3n) is 11.5. The SMILES string of the molecule is CC[C@H]1[C@@H](O)[C@@H]2[C@H](CC[C@]3(C)[C@@H](CCCOc4ccc(C(=O)O)nc4)CC[C@@H]23)[C@@]2(C)CC[C@@H](O)C[C@@H]12. The van der Waals surface area contributed by atoms with E-state index in [4.69, 9.17) is 9.84 Å². The number of pyridine rings is 1. The Morgan fingerprint density at radius 1 is 1.06 bits per heavy atom. The second-order valence-electron chi connectivity index (χ2n) is 12.9. The minimum atomic E-state index is -1.03. The molecule has 6 heteroatoms. The molecule has 1 heterocycles. The third-order valence-corrected chi connectivity index (χ3v) is 11.5. The lowest BCUT2D eigenvalue weighted by Gasteiger charge is -2.64. The van der Waals surface area contributed by atoms with E-state index in [1.165, 1.54) is 37.9 Å². The minimum absolute atomic E-state index is 0.0303. The molecular formula is C30H45NO5. The summed E-state index contributed by atoms with van der Waals surface area (Å²) in [6.45, 7) is 7.85. The highest BCUT2D eigenvalue weighted by Gasteiger charge is 2.64. The molecule has 0 radical (unpaired) electrons. The molecule has 1 aromatic rings.